The first-order valence-electron chi connectivity index (χ1n) is 8.63. The molecular weight excluding hydrogens is 334 g/mol. The molecule has 3 aromatic rings. The SMILES string of the molecule is O=C(COc1ccc2ccc(=O)oc2c1)N1CCC(c2ccn[nH]2)CC1. The number of aromatic amines is 1. The monoisotopic (exact) mass is 353 g/mol. The van der Waals surface area contributed by atoms with Gasteiger partial charge in [0, 0.05) is 48.4 Å². The lowest BCUT2D eigenvalue weighted by atomic mass is 9.94. The molecule has 1 saturated heterocycles. The summed E-state index contributed by atoms with van der Waals surface area (Å²) in [6.45, 7) is 1.38. The van der Waals surface area contributed by atoms with Gasteiger partial charge in [-0.25, -0.2) is 4.79 Å². The summed E-state index contributed by atoms with van der Waals surface area (Å²) in [6.07, 6.45) is 3.58. The van der Waals surface area contributed by atoms with Crippen LogP contribution in [0.2, 0.25) is 0 Å². The molecule has 0 unspecified atom stereocenters. The van der Waals surface area contributed by atoms with E-state index >= 15 is 0 Å². The van der Waals surface area contributed by atoms with Gasteiger partial charge in [0.25, 0.3) is 5.91 Å². The molecule has 3 heterocycles. The normalized spacial score (nSPS) is 15.3. The Morgan fingerprint density at radius 2 is 2.04 bits per heavy atom. The fourth-order valence-electron chi connectivity index (χ4n) is 3.30. The van der Waals surface area contributed by atoms with Gasteiger partial charge in [-0.05, 0) is 37.1 Å². The van der Waals surface area contributed by atoms with Gasteiger partial charge in [0.1, 0.15) is 11.3 Å². The van der Waals surface area contributed by atoms with Crippen LogP contribution in [0.5, 0.6) is 5.75 Å². The van der Waals surface area contributed by atoms with E-state index in [4.69, 9.17) is 9.15 Å². The number of rotatable bonds is 4. The summed E-state index contributed by atoms with van der Waals surface area (Å²) in [5.41, 5.74) is 1.17. The zero-order valence-electron chi connectivity index (χ0n) is 14.2. The Balaban J connectivity index is 1.33. The van der Waals surface area contributed by atoms with Gasteiger partial charge < -0.3 is 14.1 Å². The third-order valence-corrected chi connectivity index (χ3v) is 4.77. The molecule has 0 saturated carbocycles. The first kappa shape index (κ1) is 16.4. The zero-order valence-corrected chi connectivity index (χ0v) is 14.2. The van der Waals surface area contributed by atoms with Crippen LogP contribution in [0.1, 0.15) is 24.5 Å². The Bertz CT molecular complexity index is 956. The number of nitrogens with one attached hydrogen (secondary N) is 1. The molecule has 7 nitrogen and oxygen atoms in total. The van der Waals surface area contributed by atoms with E-state index in [2.05, 4.69) is 10.2 Å². The van der Waals surface area contributed by atoms with Gasteiger partial charge >= 0.3 is 5.63 Å². The standard InChI is InChI=1S/C19H19N3O4/c23-18(22-9-6-13(7-10-22)16-5-8-20-21-16)12-25-15-3-1-14-2-4-19(24)26-17(14)11-15/h1-5,8,11,13H,6-7,9-10,12H2,(H,20,21). The lowest BCUT2D eigenvalue weighted by Gasteiger charge is -2.31. The molecule has 0 radical (unpaired) electrons. The maximum Gasteiger partial charge on any atom is 0.336 e. The number of hydrogen-bond acceptors (Lipinski definition) is 5. The van der Waals surface area contributed by atoms with Crippen molar-refractivity contribution in [3.8, 4) is 5.75 Å². The van der Waals surface area contributed by atoms with Crippen molar-refractivity contribution in [2.75, 3.05) is 19.7 Å². The molecular formula is C19H19N3O4. The predicted molar refractivity (Wildman–Crippen MR) is 95.1 cm³/mol. The minimum absolute atomic E-state index is 0.0305. The van der Waals surface area contributed by atoms with Gasteiger partial charge in [-0.2, -0.15) is 5.10 Å². The Morgan fingerprint density at radius 1 is 1.23 bits per heavy atom. The molecule has 7 heteroatoms. The highest BCUT2D eigenvalue weighted by molar-refractivity contribution is 5.79. The lowest BCUT2D eigenvalue weighted by molar-refractivity contribution is -0.134. The van der Waals surface area contributed by atoms with Crippen LogP contribution in [0, 0.1) is 0 Å². The summed E-state index contributed by atoms with van der Waals surface area (Å²) in [6, 6.07) is 10.3. The van der Waals surface area contributed by atoms with Crippen molar-refractivity contribution in [3.05, 3.63) is 58.7 Å². The minimum Gasteiger partial charge on any atom is -0.484 e. The molecule has 0 atom stereocenters. The Hall–Kier alpha value is -3.09. The van der Waals surface area contributed by atoms with Crippen molar-refractivity contribution in [1.29, 1.82) is 0 Å². The van der Waals surface area contributed by atoms with E-state index in [1.807, 2.05) is 11.0 Å². The van der Waals surface area contributed by atoms with E-state index < -0.39 is 5.63 Å². The van der Waals surface area contributed by atoms with Crippen LogP contribution in [0.15, 0.2) is 51.8 Å². The van der Waals surface area contributed by atoms with Crippen LogP contribution in [0.4, 0.5) is 0 Å². The second-order valence-corrected chi connectivity index (χ2v) is 6.41. The Morgan fingerprint density at radius 3 is 2.81 bits per heavy atom. The summed E-state index contributed by atoms with van der Waals surface area (Å²) in [5.74, 6) is 0.890. The molecule has 0 aliphatic carbocycles. The van der Waals surface area contributed by atoms with E-state index in [0.717, 1.165) is 23.9 Å². The smallest absolute Gasteiger partial charge is 0.336 e. The number of ether oxygens (including phenoxy) is 1. The van der Waals surface area contributed by atoms with Crippen LogP contribution >= 0.6 is 0 Å². The Labute approximate surface area is 149 Å². The largest absolute Gasteiger partial charge is 0.484 e. The van der Waals surface area contributed by atoms with Crippen LogP contribution in [0.3, 0.4) is 0 Å². The number of piperidine rings is 1. The fourth-order valence-corrected chi connectivity index (χ4v) is 3.30. The lowest BCUT2D eigenvalue weighted by Crippen LogP contribution is -2.40. The van der Waals surface area contributed by atoms with Crippen LogP contribution in [0.25, 0.3) is 11.0 Å². The van der Waals surface area contributed by atoms with Crippen molar-refractivity contribution in [2.45, 2.75) is 18.8 Å². The van der Waals surface area contributed by atoms with E-state index in [1.54, 1.807) is 30.5 Å². The highest BCUT2D eigenvalue weighted by Crippen LogP contribution is 2.26. The zero-order chi connectivity index (χ0) is 17.9. The minimum atomic E-state index is -0.411. The highest BCUT2D eigenvalue weighted by atomic mass is 16.5. The maximum absolute atomic E-state index is 12.4. The third kappa shape index (κ3) is 3.46. The summed E-state index contributed by atoms with van der Waals surface area (Å²) in [5, 5.41) is 7.80. The number of hydrogen-bond donors (Lipinski definition) is 1. The van der Waals surface area contributed by atoms with E-state index in [9.17, 15) is 9.59 Å². The van der Waals surface area contributed by atoms with Gasteiger partial charge in [-0.1, -0.05) is 0 Å². The maximum atomic E-state index is 12.4. The number of aromatic nitrogens is 2. The quantitative estimate of drug-likeness (QED) is 0.727. The van der Waals surface area contributed by atoms with Crippen LogP contribution in [-0.2, 0) is 4.79 Å². The van der Waals surface area contributed by atoms with Crippen molar-refractivity contribution in [1.82, 2.24) is 15.1 Å². The van der Waals surface area contributed by atoms with Crippen molar-refractivity contribution >= 4 is 16.9 Å². The van der Waals surface area contributed by atoms with Gasteiger partial charge in [0.2, 0.25) is 0 Å². The molecule has 0 bridgehead atoms. The second kappa shape index (κ2) is 7.03. The molecule has 0 spiro atoms. The average Bonchev–Trinajstić information content (AvgIpc) is 3.20. The third-order valence-electron chi connectivity index (χ3n) is 4.77. The highest BCUT2D eigenvalue weighted by Gasteiger charge is 2.24. The molecule has 1 aliphatic heterocycles. The number of carbonyl (C=O) groups is 1. The van der Waals surface area contributed by atoms with Gasteiger partial charge in [-0.15, -0.1) is 0 Å². The molecule has 1 aromatic carbocycles. The van der Waals surface area contributed by atoms with Crippen LogP contribution in [-0.4, -0.2) is 40.7 Å². The summed E-state index contributed by atoms with van der Waals surface area (Å²) in [7, 11) is 0. The molecule has 1 N–H and O–H groups in total. The van der Waals surface area contributed by atoms with Gasteiger partial charge in [0.05, 0.1) is 0 Å². The molecule has 2 aromatic heterocycles. The number of carbonyl (C=O) groups excluding carboxylic acids is 1. The molecule has 1 fully saturated rings. The molecule has 1 aliphatic rings. The predicted octanol–water partition coefficient (Wildman–Crippen LogP) is 2.30. The van der Waals surface area contributed by atoms with Gasteiger partial charge in [0.15, 0.2) is 6.61 Å². The average molecular weight is 353 g/mol. The molecule has 134 valence electrons. The second-order valence-electron chi connectivity index (χ2n) is 6.41. The molecule has 4 rings (SSSR count). The topological polar surface area (TPSA) is 88.4 Å². The summed E-state index contributed by atoms with van der Waals surface area (Å²) < 4.78 is 10.7. The number of H-pyrrole nitrogens is 1. The first-order chi connectivity index (χ1) is 12.7. The van der Waals surface area contributed by atoms with Crippen molar-refractivity contribution < 1.29 is 13.9 Å². The number of fused-ring (bicyclic) bond motifs is 1. The number of likely N-dealkylation sites (tertiary alicyclic amines) is 1. The Kier molecular flexibility index (Phi) is 4.43. The van der Waals surface area contributed by atoms with E-state index in [-0.39, 0.29) is 12.5 Å². The number of nitrogens with zero attached hydrogens (tertiary/aromatic N) is 2. The van der Waals surface area contributed by atoms with Gasteiger partial charge in [-0.3, -0.25) is 9.89 Å². The summed E-state index contributed by atoms with van der Waals surface area (Å²) >= 11 is 0. The van der Waals surface area contributed by atoms with E-state index in [1.165, 1.54) is 6.07 Å². The number of amides is 1. The van der Waals surface area contributed by atoms with Crippen molar-refractivity contribution in [3.63, 3.8) is 0 Å². The van der Waals surface area contributed by atoms with Crippen LogP contribution < -0.4 is 10.4 Å². The number of benzene rings is 1. The molecule has 26 heavy (non-hydrogen) atoms. The first-order valence-corrected chi connectivity index (χ1v) is 8.63. The van der Waals surface area contributed by atoms with E-state index in [0.29, 0.717) is 30.3 Å². The fraction of sp³-hybridized carbons (Fsp3) is 0.316. The van der Waals surface area contributed by atoms with Crippen molar-refractivity contribution in [2.24, 2.45) is 0 Å². The summed E-state index contributed by atoms with van der Waals surface area (Å²) in [4.78, 5) is 25.5. The molecule has 1 amide bonds.